The van der Waals surface area contributed by atoms with Crippen LogP contribution >= 0.6 is 0 Å². The molecule has 18 heavy (non-hydrogen) atoms. The standard InChI is InChI=1S/C16H15O2/c1-2-15(17)18-16(13-9-5-3-6-10-13)14-11-7-4-8-12-14/h2-12,16H,1H3. The molecule has 2 aromatic rings. The third kappa shape index (κ3) is 2.98. The second kappa shape index (κ2) is 6.01. The van der Waals surface area contributed by atoms with E-state index in [1.807, 2.05) is 60.7 Å². The highest BCUT2D eigenvalue weighted by molar-refractivity contribution is 5.78. The molecule has 0 unspecified atom stereocenters. The molecule has 0 saturated heterocycles. The quantitative estimate of drug-likeness (QED) is 0.763. The van der Waals surface area contributed by atoms with Crippen molar-refractivity contribution in [3.05, 3.63) is 78.2 Å². The summed E-state index contributed by atoms with van der Waals surface area (Å²) in [6.45, 7) is 1.68. The van der Waals surface area contributed by atoms with Gasteiger partial charge in [-0.1, -0.05) is 67.6 Å². The first kappa shape index (κ1) is 12.4. The molecule has 0 bridgehead atoms. The van der Waals surface area contributed by atoms with Gasteiger partial charge in [0.15, 0.2) is 6.10 Å². The number of ether oxygens (including phenoxy) is 1. The molecule has 0 spiro atoms. The predicted molar refractivity (Wildman–Crippen MR) is 70.8 cm³/mol. The Morgan fingerprint density at radius 1 is 0.944 bits per heavy atom. The molecule has 2 aromatic carbocycles. The molecule has 0 amide bonds. The van der Waals surface area contributed by atoms with E-state index in [4.69, 9.17) is 4.74 Å². The van der Waals surface area contributed by atoms with Crippen LogP contribution in [0.25, 0.3) is 0 Å². The monoisotopic (exact) mass is 239 g/mol. The first-order valence-electron chi connectivity index (χ1n) is 5.91. The van der Waals surface area contributed by atoms with Crippen LogP contribution in [0, 0.1) is 6.42 Å². The van der Waals surface area contributed by atoms with Crippen molar-refractivity contribution >= 4 is 5.97 Å². The normalized spacial score (nSPS) is 10.3. The SMILES string of the molecule is C[CH]C(=O)OC(c1ccccc1)c1ccccc1. The number of esters is 1. The molecule has 2 heteroatoms. The number of carbonyl (C=O) groups excluding carboxylic acids is 1. The van der Waals surface area contributed by atoms with Crippen molar-refractivity contribution in [3.63, 3.8) is 0 Å². The van der Waals surface area contributed by atoms with Gasteiger partial charge in [0.25, 0.3) is 0 Å². The van der Waals surface area contributed by atoms with Crippen molar-refractivity contribution in [2.45, 2.75) is 13.0 Å². The summed E-state index contributed by atoms with van der Waals surface area (Å²) >= 11 is 0. The molecule has 0 atom stereocenters. The molecule has 0 fully saturated rings. The smallest absolute Gasteiger partial charge is 0.310 e. The molecule has 1 radical (unpaired) electrons. The molecule has 0 aliphatic rings. The highest BCUT2D eigenvalue weighted by atomic mass is 16.5. The molecule has 2 rings (SSSR count). The van der Waals surface area contributed by atoms with Gasteiger partial charge in [-0.15, -0.1) is 0 Å². The summed E-state index contributed by atoms with van der Waals surface area (Å²) < 4.78 is 5.48. The van der Waals surface area contributed by atoms with Gasteiger partial charge in [0.05, 0.1) is 6.42 Å². The third-order valence-electron chi connectivity index (χ3n) is 2.67. The molecule has 0 aromatic heterocycles. The molecule has 2 nitrogen and oxygen atoms in total. The van der Waals surface area contributed by atoms with Gasteiger partial charge in [-0.25, -0.2) is 0 Å². The molecular formula is C16H15O2. The van der Waals surface area contributed by atoms with Crippen molar-refractivity contribution < 1.29 is 9.53 Å². The van der Waals surface area contributed by atoms with E-state index in [2.05, 4.69) is 0 Å². The fourth-order valence-electron chi connectivity index (χ4n) is 1.77. The Bertz CT molecular complexity index is 452. The lowest BCUT2D eigenvalue weighted by atomic mass is 10.0. The maximum Gasteiger partial charge on any atom is 0.310 e. The van der Waals surface area contributed by atoms with E-state index in [1.165, 1.54) is 6.42 Å². The second-order valence-corrected chi connectivity index (χ2v) is 3.93. The topological polar surface area (TPSA) is 26.3 Å². The highest BCUT2D eigenvalue weighted by Crippen LogP contribution is 2.25. The summed E-state index contributed by atoms with van der Waals surface area (Å²) in [7, 11) is 0. The Morgan fingerprint density at radius 3 is 1.78 bits per heavy atom. The first-order valence-corrected chi connectivity index (χ1v) is 5.91. The molecule has 0 N–H and O–H groups in total. The molecule has 0 heterocycles. The number of rotatable bonds is 4. The van der Waals surface area contributed by atoms with Gasteiger partial charge in [0.1, 0.15) is 0 Å². The lowest BCUT2D eigenvalue weighted by molar-refractivity contribution is -0.143. The number of hydrogen-bond acceptors (Lipinski definition) is 2. The molecule has 0 aliphatic carbocycles. The Balaban J connectivity index is 2.32. The molecule has 0 aliphatic heterocycles. The van der Waals surface area contributed by atoms with E-state index < -0.39 is 0 Å². The van der Waals surface area contributed by atoms with Gasteiger partial charge in [-0.2, -0.15) is 0 Å². The van der Waals surface area contributed by atoms with E-state index in [9.17, 15) is 4.79 Å². The Morgan fingerprint density at radius 2 is 1.39 bits per heavy atom. The minimum Gasteiger partial charge on any atom is -0.452 e. The minimum absolute atomic E-state index is 0.312. The summed E-state index contributed by atoms with van der Waals surface area (Å²) in [4.78, 5) is 11.5. The average molecular weight is 239 g/mol. The van der Waals surface area contributed by atoms with Crippen molar-refractivity contribution in [1.29, 1.82) is 0 Å². The summed E-state index contributed by atoms with van der Waals surface area (Å²) in [6, 6.07) is 19.5. The predicted octanol–water partition coefficient (Wildman–Crippen LogP) is 3.54. The zero-order valence-electron chi connectivity index (χ0n) is 10.2. The Hall–Kier alpha value is -2.09. The largest absolute Gasteiger partial charge is 0.452 e. The van der Waals surface area contributed by atoms with Crippen molar-refractivity contribution in [2.75, 3.05) is 0 Å². The van der Waals surface area contributed by atoms with Crippen molar-refractivity contribution in [2.24, 2.45) is 0 Å². The van der Waals surface area contributed by atoms with Gasteiger partial charge in [-0.05, 0) is 11.1 Å². The van der Waals surface area contributed by atoms with Crippen LogP contribution in [-0.4, -0.2) is 5.97 Å². The Labute approximate surface area is 107 Å². The van der Waals surface area contributed by atoms with Gasteiger partial charge < -0.3 is 4.74 Å². The zero-order chi connectivity index (χ0) is 12.8. The average Bonchev–Trinajstić information content (AvgIpc) is 2.46. The van der Waals surface area contributed by atoms with Crippen LogP contribution in [0.15, 0.2) is 60.7 Å². The van der Waals surface area contributed by atoms with E-state index in [1.54, 1.807) is 6.92 Å². The number of benzene rings is 2. The van der Waals surface area contributed by atoms with Crippen LogP contribution in [0.4, 0.5) is 0 Å². The van der Waals surface area contributed by atoms with Crippen LogP contribution in [0.2, 0.25) is 0 Å². The molecular weight excluding hydrogens is 224 g/mol. The summed E-state index contributed by atoms with van der Waals surface area (Å²) in [5.41, 5.74) is 1.94. The molecule has 0 saturated carbocycles. The van der Waals surface area contributed by atoms with Crippen LogP contribution in [0.1, 0.15) is 24.2 Å². The maximum absolute atomic E-state index is 11.5. The third-order valence-corrected chi connectivity index (χ3v) is 2.67. The zero-order valence-corrected chi connectivity index (χ0v) is 10.2. The summed E-state index contributed by atoms with van der Waals surface area (Å²) in [5, 5.41) is 0. The summed E-state index contributed by atoms with van der Waals surface area (Å²) in [6.07, 6.45) is 1.08. The van der Waals surface area contributed by atoms with Gasteiger partial charge >= 0.3 is 5.97 Å². The van der Waals surface area contributed by atoms with Gasteiger partial charge in [0.2, 0.25) is 0 Å². The van der Waals surface area contributed by atoms with Gasteiger partial charge in [0, 0.05) is 0 Å². The minimum atomic E-state index is -0.351. The van der Waals surface area contributed by atoms with Gasteiger partial charge in [-0.3, -0.25) is 4.79 Å². The Kier molecular flexibility index (Phi) is 4.13. The van der Waals surface area contributed by atoms with E-state index in [0.29, 0.717) is 0 Å². The number of carbonyl (C=O) groups is 1. The number of hydrogen-bond donors (Lipinski definition) is 0. The van der Waals surface area contributed by atoms with Crippen LogP contribution in [-0.2, 0) is 9.53 Å². The van der Waals surface area contributed by atoms with E-state index in [-0.39, 0.29) is 12.1 Å². The second-order valence-electron chi connectivity index (χ2n) is 3.93. The van der Waals surface area contributed by atoms with E-state index in [0.717, 1.165) is 11.1 Å². The maximum atomic E-state index is 11.5. The fourth-order valence-corrected chi connectivity index (χ4v) is 1.77. The molecule has 91 valence electrons. The van der Waals surface area contributed by atoms with Crippen LogP contribution in [0.3, 0.4) is 0 Å². The van der Waals surface area contributed by atoms with Crippen LogP contribution in [0.5, 0.6) is 0 Å². The highest BCUT2D eigenvalue weighted by Gasteiger charge is 2.17. The first-order chi connectivity index (χ1) is 8.81. The van der Waals surface area contributed by atoms with Crippen molar-refractivity contribution in [1.82, 2.24) is 0 Å². The lowest BCUT2D eigenvalue weighted by Crippen LogP contribution is -2.12. The lowest BCUT2D eigenvalue weighted by Gasteiger charge is -2.18. The van der Waals surface area contributed by atoms with E-state index >= 15 is 0 Å². The van der Waals surface area contributed by atoms with Crippen molar-refractivity contribution in [3.8, 4) is 0 Å². The fraction of sp³-hybridized carbons (Fsp3) is 0.125. The summed E-state index contributed by atoms with van der Waals surface area (Å²) in [5.74, 6) is -0.312. The van der Waals surface area contributed by atoms with Crippen LogP contribution < -0.4 is 0 Å².